The minimum Gasteiger partial charge on any atom is -0.302 e. The Labute approximate surface area is 124 Å². The number of halogens is 1. The molecule has 0 saturated carbocycles. The summed E-state index contributed by atoms with van der Waals surface area (Å²) in [4.78, 5) is 4.82. The van der Waals surface area contributed by atoms with Gasteiger partial charge in [-0.25, -0.2) is 4.98 Å². The van der Waals surface area contributed by atoms with Crippen molar-refractivity contribution >= 4 is 17.2 Å². The van der Waals surface area contributed by atoms with E-state index in [1.807, 2.05) is 12.3 Å². The van der Waals surface area contributed by atoms with Crippen molar-refractivity contribution in [2.75, 3.05) is 0 Å². The smallest absolute Gasteiger partial charge is 0.140 e. The molecule has 0 saturated heterocycles. The van der Waals surface area contributed by atoms with Gasteiger partial charge in [-0.3, -0.25) is 0 Å². The summed E-state index contributed by atoms with van der Waals surface area (Å²) >= 11 is 6.18. The van der Waals surface area contributed by atoms with Crippen LogP contribution in [0.2, 0.25) is 0 Å². The average molecular weight is 285 g/mol. The number of nitrogens with zero attached hydrogens (tertiary/aromatic N) is 2. The molecular formula is C17H17ClN2. The van der Waals surface area contributed by atoms with E-state index >= 15 is 0 Å². The molecule has 3 rings (SSSR count). The number of fused-ring (bicyclic) bond motifs is 1. The molecule has 0 radical (unpaired) electrons. The molecule has 3 heteroatoms. The highest BCUT2D eigenvalue weighted by atomic mass is 35.5. The van der Waals surface area contributed by atoms with Crippen LogP contribution >= 0.6 is 11.6 Å². The fourth-order valence-electron chi connectivity index (χ4n) is 2.68. The predicted octanol–water partition coefficient (Wildman–Crippen LogP) is 4.67. The fourth-order valence-corrected chi connectivity index (χ4v) is 2.93. The number of pyridine rings is 1. The van der Waals surface area contributed by atoms with Crippen molar-refractivity contribution in [2.45, 2.75) is 26.7 Å². The lowest BCUT2D eigenvalue weighted by Crippen LogP contribution is -1.93. The van der Waals surface area contributed by atoms with Crippen molar-refractivity contribution in [1.82, 2.24) is 9.38 Å². The van der Waals surface area contributed by atoms with Gasteiger partial charge in [0.1, 0.15) is 5.65 Å². The zero-order valence-electron chi connectivity index (χ0n) is 11.9. The topological polar surface area (TPSA) is 17.3 Å². The molecule has 0 aliphatic heterocycles. The zero-order chi connectivity index (χ0) is 14.3. The summed E-state index contributed by atoms with van der Waals surface area (Å²) in [7, 11) is 0. The quantitative estimate of drug-likeness (QED) is 0.625. The number of hydrogen-bond donors (Lipinski definition) is 0. The Morgan fingerprint density at radius 2 is 1.90 bits per heavy atom. The molecule has 0 fully saturated rings. The second-order valence-electron chi connectivity index (χ2n) is 5.24. The van der Waals surface area contributed by atoms with Gasteiger partial charge in [0, 0.05) is 11.8 Å². The van der Waals surface area contributed by atoms with E-state index in [0.29, 0.717) is 5.88 Å². The van der Waals surface area contributed by atoms with E-state index in [1.54, 1.807) is 0 Å². The minimum absolute atomic E-state index is 0.452. The molecule has 20 heavy (non-hydrogen) atoms. The van der Waals surface area contributed by atoms with Crippen molar-refractivity contribution < 1.29 is 0 Å². The van der Waals surface area contributed by atoms with E-state index in [1.165, 1.54) is 11.1 Å². The highest BCUT2D eigenvalue weighted by Gasteiger charge is 2.15. The second kappa shape index (κ2) is 4.95. The van der Waals surface area contributed by atoms with Crippen molar-refractivity contribution in [1.29, 1.82) is 0 Å². The van der Waals surface area contributed by atoms with E-state index in [2.05, 4.69) is 49.4 Å². The Kier molecular flexibility index (Phi) is 3.27. The maximum atomic E-state index is 6.18. The number of aromatic nitrogens is 2. The van der Waals surface area contributed by atoms with Crippen LogP contribution in [-0.4, -0.2) is 9.38 Å². The van der Waals surface area contributed by atoms with Crippen LogP contribution in [-0.2, 0) is 5.88 Å². The Morgan fingerprint density at radius 1 is 1.10 bits per heavy atom. The minimum atomic E-state index is 0.452. The third-order valence-corrected chi connectivity index (χ3v) is 3.96. The van der Waals surface area contributed by atoms with Crippen molar-refractivity contribution in [3.05, 3.63) is 58.9 Å². The van der Waals surface area contributed by atoms with Crippen LogP contribution in [0, 0.1) is 20.8 Å². The van der Waals surface area contributed by atoms with Crippen molar-refractivity contribution in [2.24, 2.45) is 0 Å². The summed E-state index contributed by atoms with van der Waals surface area (Å²) in [5.41, 5.74) is 7.85. The molecule has 0 aliphatic carbocycles. The van der Waals surface area contributed by atoms with Crippen LogP contribution in [0.1, 0.15) is 22.4 Å². The number of benzene rings is 1. The first-order chi connectivity index (χ1) is 9.61. The Hall–Kier alpha value is -1.80. The van der Waals surface area contributed by atoms with Gasteiger partial charge in [0.15, 0.2) is 0 Å². The summed E-state index contributed by atoms with van der Waals surface area (Å²) < 4.78 is 2.09. The lowest BCUT2D eigenvalue weighted by atomic mass is 10.0. The highest BCUT2D eigenvalue weighted by molar-refractivity contribution is 6.17. The van der Waals surface area contributed by atoms with E-state index in [4.69, 9.17) is 16.6 Å². The van der Waals surface area contributed by atoms with E-state index in [9.17, 15) is 0 Å². The standard InChI is InChI=1S/C17H17ClN2/c1-11-6-7-14(13(3)9-11)16-15(10-18)20-8-4-5-12(2)17(20)19-16/h4-9H,10H2,1-3H3. The number of aryl methyl sites for hydroxylation is 3. The van der Waals surface area contributed by atoms with Gasteiger partial charge < -0.3 is 4.40 Å². The molecule has 102 valence electrons. The number of imidazole rings is 1. The molecule has 1 aromatic carbocycles. The predicted molar refractivity (Wildman–Crippen MR) is 84.4 cm³/mol. The fraction of sp³-hybridized carbons (Fsp3) is 0.235. The molecule has 0 aliphatic rings. The second-order valence-corrected chi connectivity index (χ2v) is 5.51. The zero-order valence-corrected chi connectivity index (χ0v) is 12.7. The first kappa shape index (κ1) is 13.2. The average Bonchev–Trinajstić information content (AvgIpc) is 2.78. The molecule has 2 heterocycles. The summed E-state index contributed by atoms with van der Waals surface area (Å²) in [5, 5.41) is 0. The third-order valence-electron chi connectivity index (χ3n) is 3.71. The SMILES string of the molecule is Cc1ccc(-c2nc3c(C)cccn3c2CCl)c(C)c1. The molecule has 2 nitrogen and oxygen atoms in total. The molecule has 3 aromatic rings. The maximum absolute atomic E-state index is 6.18. The monoisotopic (exact) mass is 284 g/mol. The molecule has 0 N–H and O–H groups in total. The Bertz CT molecular complexity index is 787. The number of rotatable bonds is 2. The van der Waals surface area contributed by atoms with Crippen LogP contribution in [0.4, 0.5) is 0 Å². The molecule has 0 amide bonds. The van der Waals surface area contributed by atoms with Gasteiger partial charge in [0.25, 0.3) is 0 Å². The number of alkyl halides is 1. The lowest BCUT2D eigenvalue weighted by molar-refractivity contribution is 1.08. The molecule has 0 spiro atoms. The van der Waals surface area contributed by atoms with Crippen LogP contribution in [0.5, 0.6) is 0 Å². The normalized spacial score (nSPS) is 11.2. The largest absolute Gasteiger partial charge is 0.302 e. The summed E-state index contributed by atoms with van der Waals surface area (Å²) in [6, 6.07) is 10.6. The van der Waals surface area contributed by atoms with Crippen LogP contribution in [0.25, 0.3) is 16.9 Å². The van der Waals surface area contributed by atoms with E-state index in [-0.39, 0.29) is 0 Å². The van der Waals surface area contributed by atoms with Gasteiger partial charge in [-0.05, 0) is 38.0 Å². The highest BCUT2D eigenvalue weighted by Crippen LogP contribution is 2.29. The lowest BCUT2D eigenvalue weighted by Gasteiger charge is -2.06. The van der Waals surface area contributed by atoms with Crippen molar-refractivity contribution in [3.63, 3.8) is 0 Å². The maximum Gasteiger partial charge on any atom is 0.140 e. The molecule has 0 bridgehead atoms. The first-order valence-corrected chi connectivity index (χ1v) is 7.25. The first-order valence-electron chi connectivity index (χ1n) is 6.72. The summed E-state index contributed by atoms with van der Waals surface area (Å²) in [5.74, 6) is 0.452. The summed E-state index contributed by atoms with van der Waals surface area (Å²) in [6.07, 6.45) is 2.03. The van der Waals surface area contributed by atoms with E-state index < -0.39 is 0 Å². The van der Waals surface area contributed by atoms with Crippen LogP contribution in [0.3, 0.4) is 0 Å². The summed E-state index contributed by atoms with van der Waals surface area (Å²) in [6.45, 7) is 6.30. The molecule has 0 unspecified atom stereocenters. The van der Waals surface area contributed by atoms with Crippen LogP contribution < -0.4 is 0 Å². The van der Waals surface area contributed by atoms with Gasteiger partial charge in [-0.1, -0.05) is 29.8 Å². The van der Waals surface area contributed by atoms with Crippen molar-refractivity contribution in [3.8, 4) is 11.3 Å². The van der Waals surface area contributed by atoms with Crippen LogP contribution in [0.15, 0.2) is 36.5 Å². The van der Waals surface area contributed by atoms with E-state index in [0.717, 1.165) is 28.2 Å². The van der Waals surface area contributed by atoms with Gasteiger partial charge in [-0.2, -0.15) is 0 Å². The van der Waals surface area contributed by atoms with Gasteiger partial charge in [-0.15, -0.1) is 11.6 Å². The molecule has 0 atom stereocenters. The Balaban J connectivity index is 2.33. The van der Waals surface area contributed by atoms with Gasteiger partial charge in [0.05, 0.1) is 17.3 Å². The van der Waals surface area contributed by atoms with Gasteiger partial charge >= 0.3 is 0 Å². The molecular weight excluding hydrogens is 268 g/mol. The molecule has 2 aromatic heterocycles. The number of hydrogen-bond acceptors (Lipinski definition) is 1. The third kappa shape index (κ3) is 2.01. The van der Waals surface area contributed by atoms with Gasteiger partial charge in [0.2, 0.25) is 0 Å². The Morgan fingerprint density at radius 3 is 2.60 bits per heavy atom.